The summed E-state index contributed by atoms with van der Waals surface area (Å²) in [6.07, 6.45) is 0. The summed E-state index contributed by atoms with van der Waals surface area (Å²) in [7, 11) is 1.34. The molecule has 1 aromatic rings. The van der Waals surface area contributed by atoms with Gasteiger partial charge in [0.05, 0.1) is 18.4 Å². The normalized spacial score (nSPS) is 9.14. The van der Waals surface area contributed by atoms with Gasteiger partial charge in [0.2, 0.25) is 0 Å². The highest BCUT2D eigenvalue weighted by atomic mass is 16.5. The second-order valence-electron chi connectivity index (χ2n) is 2.52. The minimum atomic E-state index is -1.21. The van der Waals surface area contributed by atoms with Crippen molar-refractivity contribution in [3.05, 3.63) is 23.3 Å². The maximum atomic E-state index is 10.8. The molecule has 0 spiro atoms. The van der Waals surface area contributed by atoms with Crippen LogP contribution in [0, 0.1) is 11.3 Å². The van der Waals surface area contributed by atoms with Gasteiger partial charge in [-0.25, -0.2) is 4.79 Å². The number of ether oxygens (including phenoxy) is 1. The Morgan fingerprint density at radius 1 is 1.64 bits per heavy atom. The summed E-state index contributed by atoms with van der Waals surface area (Å²) in [5, 5.41) is 17.5. The first-order chi connectivity index (χ1) is 6.61. The summed E-state index contributed by atoms with van der Waals surface area (Å²) in [5.74, 6) is -1.06. The lowest BCUT2D eigenvalue weighted by Crippen LogP contribution is -2.06. The molecule has 0 unspecified atom stereocenters. The van der Waals surface area contributed by atoms with Crippen molar-refractivity contribution in [2.24, 2.45) is 0 Å². The second kappa shape index (κ2) is 3.66. The Kier molecular flexibility index (Phi) is 2.58. The van der Waals surface area contributed by atoms with Gasteiger partial charge < -0.3 is 15.6 Å². The van der Waals surface area contributed by atoms with Crippen molar-refractivity contribution in [2.75, 3.05) is 12.8 Å². The summed E-state index contributed by atoms with van der Waals surface area (Å²) in [5.41, 5.74) is 5.37. The molecule has 72 valence electrons. The number of nitrogens with zero attached hydrogens (tertiary/aromatic N) is 1. The molecule has 0 saturated carbocycles. The lowest BCUT2D eigenvalue weighted by Gasteiger charge is -2.07. The number of rotatable bonds is 2. The predicted molar refractivity (Wildman–Crippen MR) is 49.1 cm³/mol. The first-order valence-electron chi connectivity index (χ1n) is 3.71. The highest BCUT2D eigenvalue weighted by Crippen LogP contribution is 2.27. The van der Waals surface area contributed by atoms with Crippen molar-refractivity contribution in [2.45, 2.75) is 0 Å². The summed E-state index contributed by atoms with van der Waals surface area (Å²) >= 11 is 0. The fraction of sp³-hybridized carbons (Fsp3) is 0.111. The molecular formula is C9H8N2O3. The van der Waals surface area contributed by atoms with Crippen LogP contribution in [0.4, 0.5) is 5.69 Å². The maximum Gasteiger partial charge on any atom is 0.341 e. The number of carbonyl (C=O) groups is 1. The third kappa shape index (κ3) is 1.45. The molecule has 0 aliphatic carbocycles. The van der Waals surface area contributed by atoms with E-state index in [0.29, 0.717) is 0 Å². The number of aromatic carboxylic acids is 1. The van der Waals surface area contributed by atoms with Gasteiger partial charge in [0.25, 0.3) is 0 Å². The molecule has 0 aromatic heterocycles. The minimum absolute atomic E-state index is 0.0700. The molecule has 0 fully saturated rings. The second-order valence-corrected chi connectivity index (χ2v) is 2.52. The van der Waals surface area contributed by atoms with Crippen molar-refractivity contribution in [3.63, 3.8) is 0 Å². The number of methoxy groups -OCH3 is 1. The number of hydrogen-bond donors (Lipinski definition) is 2. The molecule has 0 radical (unpaired) electrons. The van der Waals surface area contributed by atoms with E-state index in [4.69, 9.17) is 20.8 Å². The van der Waals surface area contributed by atoms with Crippen LogP contribution >= 0.6 is 0 Å². The van der Waals surface area contributed by atoms with Crippen LogP contribution in [0.1, 0.15) is 15.9 Å². The predicted octanol–water partition coefficient (Wildman–Crippen LogP) is 0.847. The molecule has 0 heterocycles. The molecule has 5 nitrogen and oxygen atoms in total. The number of nitrogens with two attached hydrogens (primary N) is 1. The number of nitriles is 1. The average Bonchev–Trinajstić information content (AvgIpc) is 2.16. The highest BCUT2D eigenvalue weighted by Gasteiger charge is 2.17. The number of hydrogen-bond acceptors (Lipinski definition) is 4. The fourth-order valence-corrected chi connectivity index (χ4v) is 1.09. The van der Waals surface area contributed by atoms with E-state index in [-0.39, 0.29) is 22.6 Å². The van der Waals surface area contributed by atoms with Gasteiger partial charge in [-0.15, -0.1) is 0 Å². The molecule has 0 saturated heterocycles. The molecule has 0 aliphatic rings. The summed E-state index contributed by atoms with van der Waals surface area (Å²) in [6.45, 7) is 0. The van der Waals surface area contributed by atoms with E-state index in [1.54, 1.807) is 6.07 Å². The standard InChI is InChI=1S/C9H8N2O3/c1-14-6-3-2-5(4-10)8(11)7(6)9(12)13/h2-3H,11H2,1H3,(H,12,13). The average molecular weight is 192 g/mol. The third-order valence-electron chi connectivity index (χ3n) is 1.76. The van der Waals surface area contributed by atoms with Crippen LogP contribution < -0.4 is 10.5 Å². The SMILES string of the molecule is COc1ccc(C#N)c(N)c1C(=O)O. The van der Waals surface area contributed by atoms with Crippen LogP contribution in [0.15, 0.2) is 12.1 Å². The molecule has 3 N–H and O–H groups in total. The van der Waals surface area contributed by atoms with Crippen LogP contribution in [-0.4, -0.2) is 18.2 Å². The van der Waals surface area contributed by atoms with Gasteiger partial charge in [-0.05, 0) is 12.1 Å². The molecule has 0 atom stereocenters. The minimum Gasteiger partial charge on any atom is -0.496 e. The first-order valence-corrected chi connectivity index (χ1v) is 3.71. The molecule has 0 aliphatic heterocycles. The van der Waals surface area contributed by atoms with Gasteiger partial charge in [-0.3, -0.25) is 0 Å². The number of carboxylic acid groups (broad SMARTS) is 1. The molecule has 0 amide bonds. The van der Waals surface area contributed by atoms with E-state index in [2.05, 4.69) is 0 Å². The Morgan fingerprint density at radius 2 is 2.29 bits per heavy atom. The lowest BCUT2D eigenvalue weighted by molar-refractivity contribution is 0.0694. The van der Waals surface area contributed by atoms with Crippen LogP contribution in [0.3, 0.4) is 0 Å². The van der Waals surface area contributed by atoms with E-state index in [1.165, 1.54) is 19.2 Å². The fourth-order valence-electron chi connectivity index (χ4n) is 1.09. The number of nitrogen functional groups attached to an aromatic ring is 1. The summed E-state index contributed by atoms with van der Waals surface area (Å²) < 4.78 is 4.82. The molecule has 0 bridgehead atoms. The van der Waals surface area contributed by atoms with E-state index < -0.39 is 5.97 Å². The monoisotopic (exact) mass is 192 g/mol. The van der Waals surface area contributed by atoms with Gasteiger partial charge in [0.15, 0.2) is 0 Å². The lowest BCUT2D eigenvalue weighted by atomic mass is 10.1. The Bertz CT molecular complexity index is 421. The van der Waals surface area contributed by atoms with Crippen LogP contribution in [-0.2, 0) is 0 Å². The molecule has 5 heteroatoms. The van der Waals surface area contributed by atoms with Crippen molar-refractivity contribution >= 4 is 11.7 Å². The smallest absolute Gasteiger partial charge is 0.341 e. The van der Waals surface area contributed by atoms with E-state index >= 15 is 0 Å². The van der Waals surface area contributed by atoms with Crippen molar-refractivity contribution in [3.8, 4) is 11.8 Å². The van der Waals surface area contributed by atoms with E-state index in [0.717, 1.165) is 0 Å². The topological polar surface area (TPSA) is 96.3 Å². The Balaban J connectivity index is 3.49. The Labute approximate surface area is 80.3 Å². The number of anilines is 1. The van der Waals surface area contributed by atoms with E-state index in [9.17, 15) is 4.79 Å². The quantitative estimate of drug-likeness (QED) is 0.677. The zero-order chi connectivity index (χ0) is 10.7. The van der Waals surface area contributed by atoms with Gasteiger partial charge in [0.1, 0.15) is 17.4 Å². The van der Waals surface area contributed by atoms with E-state index in [1.807, 2.05) is 0 Å². The molecule has 1 rings (SSSR count). The Hall–Kier alpha value is -2.22. The largest absolute Gasteiger partial charge is 0.496 e. The highest BCUT2D eigenvalue weighted by molar-refractivity contribution is 5.98. The zero-order valence-corrected chi connectivity index (χ0v) is 7.44. The van der Waals surface area contributed by atoms with Crippen molar-refractivity contribution in [1.82, 2.24) is 0 Å². The van der Waals surface area contributed by atoms with Gasteiger partial charge in [-0.1, -0.05) is 0 Å². The number of carboxylic acids is 1. The van der Waals surface area contributed by atoms with Gasteiger partial charge in [-0.2, -0.15) is 5.26 Å². The molecule has 14 heavy (non-hydrogen) atoms. The summed E-state index contributed by atoms with van der Waals surface area (Å²) in [6, 6.07) is 4.62. The zero-order valence-electron chi connectivity index (χ0n) is 7.44. The Morgan fingerprint density at radius 3 is 2.71 bits per heavy atom. The van der Waals surface area contributed by atoms with Crippen LogP contribution in [0.2, 0.25) is 0 Å². The van der Waals surface area contributed by atoms with Crippen LogP contribution in [0.5, 0.6) is 5.75 Å². The van der Waals surface area contributed by atoms with Crippen molar-refractivity contribution < 1.29 is 14.6 Å². The molecular weight excluding hydrogens is 184 g/mol. The third-order valence-corrected chi connectivity index (χ3v) is 1.76. The first kappa shape index (κ1) is 9.86. The number of benzene rings is 1. The summed E-state index contributed by atoms with van der Waals surface area (Å²) in [4.78, 5) is 10.8. The maximum absolute atomic E-state index is 10.8. The van der Waals surface area contributed by atoms with Gasteiger partial charge >= 0.3 is 5.97 Å². The van der Waals surface area contributed by atoms with Crippen molar-refractivity contribution in [1.29, 1.82) is 5.26 Å². The van der Waals surface area contributed by atoms with Crippen LogP contribution in [0.25, 0.3) is 0 Å². The molecule has 1 aromatic carbocycles. The van der Waals surface area contributed by atoms with Gasteiger partial charge in [0, 0.05) is 0 Å².